The smallest absolute Gasteiger partial charge is 0.407 e. The molecule has 8 heteroatoms. The van der Waals surface area contributed by atoms with Crippen LogP contribution in [-0.2, 0) is 0 Å². The molecule has 31 heavy (non-hydrogen) atoms. The van der Waals surface area contributed by atoms with Crippen molar-refractivity contribution in [3.05, 3.63) is 53.2 Å². The summed E-state index contributed by atoms with van der Waals surface area (Å²) >= 11 is 0. The summed E-state index contributed by atoms with van der Waals surface area (Å²) < 4.78 is 15.1. The van der Waals surface area contributed by atoms with E-state index in [9.17, 15) is 4.79 Å². The number of nitrogens with one attached hydrogen (secondary N) is 1. The van der Waals surface area contributed by atoms with Crippen LogP contribution in [0.3, 0.4) is 0 Å². The fourth-order valence-electron chi connectivity index (χ4n) is 4.46. The fourth-order valence-corrected chi connectivity index (χ4v) is 4.46. The summed E-state index contributed by atoms with van der Waals surface area (Å²) in [6.07, 6.45) is 0.419. The van der Waals surface area contributed by atoms with Gasteiger partial charge in [0.15, 0.2) is 0 Å². The summed E-state index contributed by atoms with van der Waals surface area (Å²) in [4.78, 5) is 20.3. The number of hydrogen-bond acceptors (Lipinski definition) is 4. The fraction of sp³-hybridized carbons (Fsp3) is 0.304. The third kappa shape index (κ3) is 3.48. The molecule has 0 radical (unpaired) electrons. The van der Waals surface area contributed by atoms with E-state index in [0.717, 1.165) is 28.0 Å². The number of piperidine rings is 1. The minimum absolute atomic E-state index is 0.0824. The number of pyridine rings is 1. The zero-order chi connectivity index (χ0) is 21.7. The standard InChI is InChI=1S/C23H22FN5O2/c1-12-7-16-10-19(26-22(16)13(2)25-12)15-8-18(24)17-11-20(27-28-21(17)9-15)14-3-5-29(6-4-14)23(30)31/h7-11,14,26H,3-6H2,1-2H3,(H,30,31). The van der Waals surface area contributed by atoms with Crippen molar-refractivity contribution < 1.29 is 14.3 Å². The molecule has 1 fully saturated rings. The van der Waals surface area contributed by atoms with Crippen LogP contribution >= 0.6 is 0 Å². The Morgan fingerprint density at radius 2 is 1.90 bits per heavy atom. The first-order chi connectivity index (χ1) is 14.9. The van der Waals surface area contributed by atoms with E-state index in [4.69, 9.17) is 5.11 Å². The van der Waals surface area contributed by atoms with Gasteiger partial charge in [-0.1, -0.05) is 0 Å². The van der Waals surface area contributed by atoms with E-state index in [1.165, 1.54) is 11.0 Å². The Bertz CT molecular complexity index is 1320. The van der Waals surface area contributed by atoms with Crippen LogP contribution in [-0.4, -0.2) is 49.4 Å². The van der Waals surface area contributed by atoms with Crippen molar-refractivity contribution in [3.63, 3.8) is 0 Å². The van der Waals surface area contributed by atoms with Crippen molar-refractivity contribution >= 4 is 27.9 Å². The second kappa shape index (κ2) is 7.30. The first kappa shape index (κ1) is 19.4. The molecule has 1 saturated heterocycles. The molecule has 0 saturated carbocycles. The number of rotatable bonds is 2. The number of aromatic amines is 1. The van der Waals surface area contributed by atoms with Gasteiger partial charge in [0.05, 0.1) is 22.4 Å². The molecule has 3 aromatic heterocycles. The molecule has 0 unspecified atom stereocenters. The number of amides is 1. The number of benzene rings is 1. The van der Waals surface area contributed by atoms with E-state index in [-0.39, 0.29) is 11.7 Å². The highest BCUT2D eigenvalue weighted by Gasteiger charge is 2.25. The molecule has 7 nitrogen and oxygen atoms in total. The van der Waals surface area contributed by atoms with Crippen molar-refractivity contribution in [1.82, 2.24) is 25.1 Å². The Kier molecular flexibility index (Phi) is 4.57. The zero-order valence-electron chi connectivity index (χ0n) is 17.3. The van der Waals surface area contributed by atoms with Crippen molar-refractivity contribution in [2.75, 3.05) is 13.1 Å². The third-order valence-electron chi connectivity index (χ3n) is 6.09. The largest absolute Gasteiger partial charge is 0.465 e. The van der Waals surface area contributed by atoms with Gasteiger partial charge in [0.25, 0.3) is 0 Å². The second-order valence-electron chi connectivity index (χ2n) is 8.20. The van der Waals surface area contributed by atoms with Crippen LogP contribution in [0.5, 0.6) is 0 Å². The molecule has 4 heterocycles. The first-order valence-electron chi connectivity index (χ1n) is 10.3. The molecule has 1 amide bonds. The summed E-state index contributed by atoms with van der Waals surface area (Å²) in [6.45, 7) is 4.81. The molecule has 1 aliphatic heterocycles. The van der Waals surface area contributed by atoms with E-state index in [0.29, 0.717) is 48.1 Å². The summed E-state index contributed by atoms with van der Waals surface area (Å²) in [7, 11) is 0. The number of nitrogens with zero attached hydrogens (tertiary/aromatic N) is 4. The molecule has 4 aromatic rings. The minimum Gasteiger partial charge on any atom is -0.465 e. The number of hydrogen-bond donors (Lipinski definition) is 2. The number of H-pyrrole nitrogens is 1. The van der Waals surface area contributed by atoms with Crippen LogP contribution in [0, 0.1) is 19.7 Å². The van der Waals surface area contributed by atoms with E-state index in [2.05, 4.69) is 20.2 Å². The molecule has 2 N–H and O–H groups in total. The topological polar surface area (TPSA) is 95.0 Å². The maximum Gasteiger partial charge on any atom is 0.407 e. The maximum atomic E-state index is 15.1. The van der Waals surface area contributed by atoms with Crippen LogP contribution in [0.2, 0.25) is 0 Å². The summed E-state index contributed by atoms with van der Waals surface area (Å²) in [5.74, 6) is -0.268. The average molecular weight is 419 g/mol. The Hall–Kier alpha value is -3.55. The van der Waals surface area contributed by atoms with E-state index in [1.807, 2.05) is 32.0 Å². The van der Waals surface area contributed by atoms with Crippen molar-refractivity contribution in [3.8, 4) is 11.3 Å². The molecule has 0 atom stereocenters. The molecule has 0 aliphatic carbocycles. The van der Waals surface area contributed by atoms with Gasteiger partial charge in [0.1, 0.15) is 5.82 Å². The molecule has 5 rings (SSSR count). The van der Waals surface area contributed by atoms with Gasteiger partial charge in [-0.05, 0) is 57.0 Å². The van der Waals surface area contributed by atoms with Gasteiger partial charge in [0, 0.05) is 46.7 Å². The number of aryl methyl sites for hydroxylation is 2. The van der Waals surface area contributed by atoms with Gasteiger partial charge >= 0.3 is 6.09 Å². The van der Waals surface area contributed by atoms with E-state index in [1.54, 1.807) is 6.07 Å². The van der Waals surface area contributed by atoms with Gasteiger partial charge in [-0.3, -0.25) is 4.98 Å². The number of aromatic nitrogens is 4. The molecular weight excluding hydrogens is 397 g/mol. The van der Waals surface area contributed by atoms with Gasteiger partial charge in [-0.2, -0.15) is 10.2 Å². The van der Waals surface area contributed by atoms with Crippen LogP contribution in [0.4, 0.5) is 9.18 Å². The lowest BCUT2D eigenvalue weighted by Crippen LogP contribution is -2.37. The number of likely N-dealkylation sites (tertiary alicyclic amines) is 1. The SMILES string of the molecule is Cc1cc2cc(-c3cc(F)c4cc(C5CCN(C(=O)O)CC5)nnc4c3)[nH]c2c(C)n1. The Morgan fingerprint density at radius 3 is 2.65 bits per heavy atom. The lowest BCUT2D eigenvalue weighted by atomic mass is 9.92. The minimum atomic E-state index is -0.903. The second-order valence-corrected chi connectivity index (χ2v) is 8.20. The van der Waals surface area contributed by atoms with Crippen molar-refractivity contribution in [2.45, 2.75) is 32.6 Å². The molecule has 158 valence electrons. The predicted octanol–water partition coefficient (Wildman–Crippen LogP) is 4.79. The molecule has 0 bridgehead atoms. The Morgan fingerprint density at radius 1 is 1.13 bits per heavy atom. The van der Waals surface area contributed by atoms with E-state index < -0.39 is 6.09 Å². The lowest BCUT2D eigenvalue weighted by Gasteiger charge is -2.29. The predicted molar refractivity (Wildman–Crippen MR) is 116 cm³/mol. The number of carbonyl (C=O) groups is 1. The number of fused-ring (bicyclic) bond motifs is 2. The number of halogens is 1. The molecule has 1 aliphatic rings. The summed E-state index contributed by atoms with van der Waals surface area (Å²) in [6, 6.07) is 9.10. The maximum absolute atomic E-state index is 15.1. The normalized spacial score (nSPS) is 15.1. The monoisotopic (exact) mass is 419 g/mol. The highest BCUT2D eigenvalue weighted by Crippen LogP contribution is 2.32. The van der Waals surface area contributed by atoms with Crippen LogP contribution in [0.1, 0.15) is 35.8 Å². The lowest BCUT2D eigenvalue weighted by molar-refractivity contribution is 0.131. The van der Waals surface area contributed by atoms with E-state index >= 15 is 4.39 Å². The molecule has 0 spiro atoms. The Labute approximate surface area is 177 Å². The van der Waals surface area contributed by atoms with Gasteiger partial charge < -0.3 is 15.0 Å². The zero-order valence-corrected chi connectivity index (χ0v) is 17.3. The first-order valence-corrected chi connectivity index (χ1v) is 10.3. The van der Waals surface area contributed by atoms with Crippen LogP contribution in [0.25, 0.3) is 33.1 Å². The highest BCUT2D eigenvalue weighted by atomic mass is 19.1. The van der Waals surface area contributed by atoms with Gasteiger partial charge in [0.2, 0.25) is 0 Å². The molecule has 1 aromatic carbocycles. The van der Waals surface area contributed by atoms with Crippen molar-refractivity contribution in [1.29, 1.82) is 0 Å². The average Bonchev–Trinajstić information content (AvgIpc) is 3.18. The van der Waals surface area contributed by atoms with Crippen LogP contribution < -0.4 is 0 Å². The molecular formula is C23H22FN5O2. The summed E-state index contributed by atoms with van der Waals surface area (Å²) in [5.41, 5.74) is 5.50. The van der Waals surface area contributed by atoms with Crippen molar-refractivity contribution in [2.24, 2.45) is 0 Å². The van der Waals surface area contributed by atoms with Gasteiger partial charge in [-0.15, -0.1) is 0 Å². The number of carboxylic acid groups (broad SMARTS) is 1. The summed E-state index contributed by atoms with van der Waals surface area (Å²) in [5, 5.41) is 19.2. The Balaban J connectivity index is 1.49. The quantitative estimate of drug-likeness (QED) is 0.487. The van der Waals surface area contributed by atoms with Gasteiger partial charge in [-0.25, -0.2) is 9.18 Å². The van der Waals surface area contributed by atoms with Crippen LogP contribution in [0.15, 0.2) is 30.3 Å². The third-order valence-corrected chi connectivity index (χ3v) is 6.09. The highest BCUT2D eigenvalue weighted by molar-refractivity contribution is 5.90.